The highest BCUT2D eigenvalue weighted by Gasteiger charge is 2.60. The molecule has 6 N–H and O–H groups in total. The highest BCUT2D eigenvalue weighted by atomic mass is 16.8. The second-order valence-corrected chi connectivity index (χ2v) is 26.0. The van der Waals surface area contributed by atoms with Crippen molar-refractivity contribution < 1.29 is 85.6 Å². The highest BCUT2D eigenvalue weighted by Crippen LogP contribution is 2.42. The molecule has 3 aromatic carbocycles. The first-order chi connectivity index (χ1) is 40.9. The third kappa shape index (κ3) is 15.5. The number of ether oxygens (including phenoxy) is 12. The number of amides is 6. The molecular weight excluding hydrogens is 1130 g/mol. The number of benzene rings is 3. The molecule has 0 spiro atoms. The van der Waals surface area contributed by atoms with Crippen molar-refractivity contribution in [3.8, 4) is 0 Å². The Hall–Kier alpha value is -6.00. The first-order valence-corrected chi connectivity index (χ1v) is 29.9. The summed E-state index contributed by atoms with van der Waals surface area (Å²) in [4.78, 5) is 88.9. The molecule has 6 amide bonds. The number of carbonyl (C=O) groups excluding carboxylic acids is 6. The molecule has 10 rings (SSSR count). The zero-order valence-electron chi connectivity index (χ0n) is 51.4. The minimum absolute atomic E-state index is 0.0501. The molecule has 0 saturated carbocycles. The van der Waals surface area contributed by atoms with E-state index in [4.69, 9.17) is 56.8 Å². The van der Waals surface area contributed by atoms with E-state index in [0.717, 1.165) is 16.7 Å². The molecule has 7 aliphatic heterocycles. The van der Waals surface area contributed by atoms with E-state index in [2.05, 4.69) is 31.9 Å². The van der Waals surface area contributed by atoms with Crippen LogP contribution in [0.15, 0.2) is 91.0 Å². The Morgan fingerprint density at radius 3 is 0.759 bits per heavy atom. The van der Waals surface area contributed by atoms with Gasteiger partial charge in [-0.25, -0.2) is 0 Å². The quantitative estimate of drug-likeness (QED) is 0.207. The number of rotatable bonds is 6. The zero-order chi connectivity index (χ0) is 62.4. The SMILES string of the molecule is CC1(C)O[C@@H]2[C@@H]3OC(C)(C)O[C@H]3C(=O)N[C@H](Cc3ccccc3)C(=O)NC[C@H]3OC(C)(C)O[C@@H]3[C@@H]3OC(C)(C)O[C@H]3C(=O)N[C@H](Cc3ccccc3)C(=O)NC[C@H]3OC(C)(C)O[C@@H]3[C@@H]3OC(C)(C)O[C@H]3C(=O)N[C@H](Cc3ccccc3)C(=O)NC[C@H]2O1. The van der Waals surface area contributed by atoms with Gasteiger partial charge in [-0.2, -0.15) is 0 Å². The lowest BCUT2D eigenvalue weighted by atomic mass is 9.99. The minimum atomic E-state index is -1.37. The summed E-state index contributed by atoms with van der Waals surface area (Å²) in [6.45, 7) is 19.5. The summed E-state index contributed by atoms with van der Waals surface area (Å²) in [5.74, 6) is -11.6. The summed E-state index contributed by atoms with van der Waals surface area (Å²) >= 11 is 0. The Kier molecular flexibility index (Phi) is 18.5. The third-order valence-corrected chi connectivity index (χ3v) is 16.0. The Balaban J connectivity index is 0.999. The fourth-order valence-electron chi connectivity index (χ4n) is 12.5. The van der Waals surface area contributed by atoms with Crippen LogP contribution in [0.5, 0.6) is 0 Å². The molecular formula is C63H84N6O18. The molecule has 87 heavy (non-hydrogen) atoms. The molecule has 0 bridgehead atoms. The fourth-order valence-corrected chi connectivity index (χ4v) is 12.5. The van der Waals surface area contributed by atoms with Crippen molar-refractivity contribution in [2.45, 2.75) is 228 Å². The van der Waals surface area contributed by atoms with Gasteiger partial charge in [-0.1, -0.05) is 91.0 Å². The summed E-state index contributed by atoms with van der Waals surface area (Å²) < 4.78 is 77.3. The topological polar surface area (TPSA) is 285 Å². The maximum absolute atomic E-state index is 14.9. The molecule has 474 valence electrons. The number of hydrogen-bond donors (Lipinski definition) is 6. The summed E-state index contributed by atoms with van der Waals surface area (Å²) in [5.41, 5.74) is 2.20. The molecule has 0 radical (unpaired) electrons. The van der Waals surface area contributed by atoms with E-state index in [0.29, 0.717) is 0 Å². The molecule has 24 heteroatoms. The summed E-state index contributed by atoms with van der Waals surface area (Å²) in [6, 6.07) is 23.8. The predicted molar refractivity (Wildman–Crippen MR) is 308 cm³/mol. The van der Waals surface area contributed by atoms with Crippen molar-refractivity contribution in [3.05, 3.63) is 108 Å². The van der Waals surface area contributed by atoms with Gasteiger partial charge in [0.05, 0.1) is 0 Å². The molecule has 15 atom stereocenters. The van der Waals surface area contributed by atoms with Gasteiger partial charge in [-0.3, -0.25) is 28.8 Å². The highest BCUT2D eigenvalue weighted by molar-refractivity contribution is 5.92. The van der Waals surface area contributed by atoms with Crippen LogP contribution < -0.4 is 31.9 Å². The van der Waals surface area contributed by atoms with Gasteiger partial charge in [0.15, 0.2) is 53.0 Å². The number of nitrogens with one attached hydrogen (secondary N) is 6. The van der Waals surface area contributed by atoms with Crippen LogP contribution in [0.4, 0.5) is 0 Å². The van der Waals surface area contributed by atoms with Crippen molar-refractivity contribution >= 4 is 35.4 Å². The number of fused-ring (bicyclic) bond motifs is 9. The zero-order valence-corrected chi connectivity index (χ0v) is 51.4. The molecule has 0 unspecified atom stereocenters. The lowest BCUT2D eigenvalue weighted by Gasteiger charge is -2.29. The lowest BCUT2D eigenvalue weighted by Crippen LogP contribution is -2.58. The van der Waals surface area contributed by atoms with Gasteiger partial charge >= 0.3 is 0 Å². The summed E-state index contributed by atoms with van der Waals surface area (Å²) in [7, 11) is 0. The van der Waals surface area contributed by atoms with E-state index in [9.17, 15) is 28.8 Å². The van der Waals surface area contributed by atoms with Crippen LogP contribution >= 0.6 is 0 Å². The molecule has 0 aromatic heterocycles. The van der Waals surface area contributed by atoms with Gasteiger partial charge in [-0.05, 0) is 99.8 Å². The van der Waals surface area contributed by atoms with E-state index < -0.39 is 162 Å². The van der Waals surface area contributed by atoms with Crippen LogP contribution in [-0.4, -0.2) is 181 Å². The molecule has 7 saturated heterocycles. The van der Waals surface area contributed by atoms with Gasteiger partial charge in [0.2, 0.25) is 17.7 Å². The van der Waals surface area contributed by atoms with Crippen LogP contribution in [0.3, 0.4) is 0 Å². The van der Waals surface area contributed by atoms with Gasteiger partial charge in [0, 0.05) is 38.9 Å². The first kappa shape index (κ1) is 64.0. The average Bonchev–Trinajstić information content (AvgIpc) is 1.72. The third-order valence-electron chi connectivity index (χ3n) is 16.0. The van der Waals surface area contributed by atoms with Crippen LogP contribution in [0, 0.1) is 0 Å². The molecule has 24 nitrogen and oxygen atoms in total. The maximum atomic E-state index is 14.9. The second kappa shape index (κ2) is 25.1. The normalized spacial score (nSPS) is 35.9. The van der Waals surface area contributed by atoms with Crippen LogP contribution in [0.2, 0.25) is 0 Å². The van der Waals surface area contributed by atoms with E-state index in [1.807, 2.05) is 91.0 Å². The van der Waals surface area contributed by atoms with E-state index in [1.54, 1.807) is 83.1 Å². The van der Waals surface area contributed by atoms with Crippen LogP contribution in [0.25, 0.3) is 0 Å². The molecule has 7 fully saturated rings. The molecule has 0 aliphatic carbocycles. The average molecular weight is 1210 g/mol. The number of carbonyl (C=O) groups is 6. The van der Waals surface area contributed by atoms with E-state index in [1.165, 1.54) is 0 Å². The molecule has 3 aromatic rings. The standard InChI is InChI=1S/C63H84N6O18/c1-58(2)76-40-31-64-52(70)37(28-34-22-16-13-17-23-34)68-56(74)50-47(83-62(9,10)86-50)44-42(78-60(5,6)80-44)33-66-54(72)39(30-36-26-20-15-21-27-36)69-57(75)51-48(84-63(11,12)87-51)45-41(77-59(3,4)81-45)32-65-53(71)38(29-35-24-18-14-19-25-35)67-55(73)49-46(43(40)79-58)82-61(7,8)85-49/h13-27,37-51H,28-33H2,1-12H3,(H,64,70)(H,65,71)(H,66,72)(H,67,73)(H,68,74)(H,69,75)/t37-,38-,39-,40-,41-,42-,43+,44+,45+,46+,47+,48+,49-,50-,51-/m1/s1. The van der Waals surface area contributed by atoms with E-state index >= 15 is 0 Å². The van der Waals surface area contributed by atoms with Crippen molar-refractivity contribution in [3.63, 3.8) is 0 Å². The lowest BCUT2D eigenvalue weighted by molar-refractivity contribution is -0.175. The van der Waals surface area contributed by atoms with Gasteiger partial charge in [-0.15, -0.1) is 0 Å². The van der Waals surface area contributed by atoms with E-state index in [-0.39, 0.29) is 38.9 Å². The van der Waals surface area contributed by atoms with Crippen LogP contribution in [0.1, 0.15) is 99.8 Å². The number of hydrogen-bond acceptors (Lipinski definition) is 18. The second-order valence-electron chi connectivity index (χ2n) is 26.0. The monoisotopic (exact) mass is 1210 g/mol. The van der Waals surface area contributed by atoms with Gasteiger partial charge < -0.3 is 88.7 Å². The fraction of sp³-hybridized carbons (Fsp3) is 0.619. The Morgan fingerprint density at radius 1 is 0.299 bits per heavy atom. The van der Waals surface area contributed by atoms with Crippen LogP contribution in [-0.2, 0) is 105 Å². The van der Waals surface area contributed by atoms with Crippen molar-refractivity contribution in [1.29, 1.82) is 0 Å². The first-order valence-electron chi connectivity index (χ1n) is 29.9. The molecule has 7 heterocycles. The minimum Gasteiger partial charge on any atom is -0.352 e. The van der Waals surface area contributed by atoms with Crippen molar-refractivity contribution in [2.75, 3.05) is 19.6 Å². The van der Waals surface area contributed by atoms with Gasteiger partial charge in [0.1, 0.15) is 73.1 Å². The Labute approximate surface area is 507 Å². The largest absolute Gasteiger partial charge is 0.352 e. The molecule has 7 aliphatic rings. The predicted octanol–water partition coefficient (Wildman–Crippen LogP) is 2.65. The van der Waals surface area contributed by atoms with Gasteiger partial charge in [0.25, 0.3) is 17.7 Å². The smallest absolute Gasteiger partial charge is 0.252 e. The summed E-state index contributed by atoms with van der Waals surface area (Å²) in [5, 5.41) is 17.7. The Morgan fingerprint density at radius 2 is 0.517 bits per heavy atom. The van der Waals surface area contributed by atoms with Crippen molar-refractivity contribution in [2.24, 2.45) is 0 Å². The maximum Gasteiger partial charge on any atom is 0.252 e. The summed E-state index contributed by atoms with van der Waals surface area (Å²) in [6.07, 6.45) is -13.3. The van der Waals surface area contributed by atoms with Crippen molar-refractivity contribution in [1.82, 2.24) is 31.9 Å². The Bertz CT molecular complexity index is 2650.